The van der Waals surface area contributed by atoms with Crippen molar-refractivity contribution in [1.82, 2.24) is 4.31 Å². The van der Waals surface area contributed by atoms with Crippen LogP contribution in [-0.2, 0) is 10.0 Å². The van der Waals surface area contributed by atoms with Gasteiger partial charge in [0.1, 0.15) is 0 Å². The molecule has 0 saturated carbocycles. The molecular weight excluding hydrogens is 451 g/mol. The minimum atomic E-state index is -3.87. The molecule has 1 unspecified atom stereocenters. The van der Waals surface area contributed by atoms with Crippen LogP contribution in [0.3, 0.4) is 0 Å². The molecule has 31 heavy (non-hydrogen) atoms. The Kier molecular flexibility index (Phi) is 5.97. The van der Waals surface area contributed by atoms with Crippen molar-refractivity contribution in [2.75, 3.05) is 0 Å². The summed E-state index contributed by atoms with van der Waals surface area (Å²) in [5, 5.41) is 0.584. The predicted octanol–water partition coefficient (Wildman–Crippen LogP) is 5.92. The molecule has 0 aliphatic carbocycles. The molecule has 0 aromatic heterocycles. The van der Waals surface area contributed by atoms with Crippen molar-refractivity contribution < 1.29 is 8.42 Å². The summed E-state index contributed by atoms with van der Waals surface area (Å²) >= 11 is 13.3. The van der Waals surface area contributed by atoms with Gasteiger partial charge in [-0.05, 0) is 49.2 Å². The summed E-state index contributed by atoms with van der Waals surface area (Å²) < 4.78 is 28.6. The predicted molar refractivity (Wildman–Crippen MR) is 126 cm³/mol. The third kappa shape index (κ3) is 4.03. The van der Waals surface area contributed by atoms with Gasteiger partial charge in [-0.2, -0.15) is 4.31 Å². The number of aliphatic imine (C=N–C) groups is 1. The van der Waals surface area contributed by atoms with Crippen molar-refractivity contribution in [3.63, 3.8) is 0 Å². The summed E-state index contributed by atoms with van der Waals surface area (Å²) in [6.07, 6.45) is 0. The average molecular weight is 473 g/mol. The lowest BCUT2D eigenvalue weighted by Crippen LogP contribution is -2.29. The molecule has 1 aliphatic heterocycles. The maximum atomic E-state index is 13.6. The van der Waals surface area contributed by atoms with E-state index in [1.807, 2.05) is 56.3 Å². The minimum Gasteiger partial charge on any atom is -0.283 e. The van der Waals surface area contributed by atoms with Crippen LogP contribution < -0.4 is 0 Å². The quantitative estimate of drug-likeness (QED) is 0.193. The van der Waals surface area contributed by atoms with E-state index in [1.165, 1.54) is 4.31 Å². The van der Waals surface area contributed by atoms with E-state index < -0.39 is 21.1 Å². The van der Waals surface area contributed by atoms with Crippen molar-refractivity contribution >= 4 is 38.9 Å². The number of halogens is 2. The smallest absolute Gasteiger partial charge is 0.245 e. The number of sulfonamides is 1. The van der Waals surface area contributed by atoms with Gasteiger partial charge in [0.2, 0.25) is 10.0 Å². The summed E-state index contributed by atoms with van der Waals surface area (Å²) in [6.45, 7) is 3.87. The second kappa shape index (κ2) is 8.40. The molecule has 1 fully saturated rings. The largest absolute Gasteiger partial charge is 0.283 e. The van der Waals surface area contributed by atoms with Crippen molar-refractivity contribution in [3.8, 4) is 0 Å². The second-order valence-electron chi connectivity index (χ2n) is 7.68. The molecule has 0 spiro atoms. The summed E-state index contributed by atoms with van der Waals surface area (Å²) in [4.78, 5) is 3.62. The zero-order chi connectivity index (χ0) is 22.2. The highest BCUT2D eigenvalue weighted by Gasteiger charge is 2.71. The van der Waals surface area contributed by atoms with Gasteiger partial charge in [-0.15, -0.1) is 0 Å². The van der Waals surface area contributed by atoms with Gasteiger partial charge in [0.05, 0.1) is 16.6 Å². The van der Waals surface area contributed by atoms with Gasteiger partial charge < -0.3 is 0 Å². The maximum absolute atomic E-state index is 13.6. The number of benzene rings is 3. The molecule has 1 aliphatic rings. The summed E-state index contributed by atoms with van der Waals surface area (Å²) in [5.74, 6) is 0. The number of rotatable bonds is 6. The number of nitrogens with zero attached hydrogens (tertiary/aromatic N) is 2. The number of alkyl halides is 1. The Hall–Kier alpha value is -2.18. The van der Waals surface area contributed by atoms with Crippen LogP contribution in [0.2, 0.25) is 5.02 Å². The lowest BCUT2D eigenvalue weighted by Gasteiger charge is -2.16. The fourth-order valence-corrected chi connectivity index (χ4v) is 6.38. The summed E-state index contributed by atoms with van der Waals surface area (Å²) in [5.41, 5.74) is 2.05. The van der Waals surface area contributed by atoms with E-state index in [0.29, 0.717) is 10.7 Å². The van der Waals surface area contributed by atoms with Crippen molar-refractivity contribution in [1.29, 1.82) is 0 Å². The van der Waals surface area contributed by atoms with Crippen molar-refractivity contribution in [2.24, 2.45) is 4.99 Å². The minimum absolute atomic E-state index is 0.0837. The molecule has 3 aromatic carbocycles. The van der Waals surface area contributed by atoms with E-state index in [2.05, 4.69) is 0 Å². The highest BCUT2D eigenvalue weighted by Crippen LogP contribution is 2.61. The van der Waals surface area contributed by atoms with Gasteiger partial charge in [-0.1, -0.05) is 83.9 Å². The van der Waals surface area contributed by atoms with Crippen molar-refractivity contribution in [2.45, 2.75) is 35.8 Å². The first-order valence-corrected chi connectivity index (χ1v) is 12.1. The Morgan fingerprint density at radius 1 is 0.935 bits per heavy atom. The number of hydrogen-bond acceptors (Lipinski definition) is 3. The molecular formula is C24H22Cl2N2O2S. The first kappa shape index (κ1) is 22.0. The van der Waals surface area contributed by atoms with Gasteiger partial charge in [0, 0.05) is 11.1 Å². The highest BCUT2D eigenvalue weighted by molar-refractivity contribution is 7.89. The maximum Gasteiger partial charge on any atom is 0.245 e. The van der Waals surface area contributed by atoms with E-state index in [1.54, 1.807) is 42.5 Å². The zero-order valence-electron chi connectivity index (χ0n) is 17.1. The molecule has 0 bridgehead atoms. The van der Waals surface area contributed by atoms with Gasteiger partial charge in [-0.3, -0.25) is 4.99 Å². The molecule has 4 rings (SSSR count). The molecule has 0 radical (unpaired) electrons. The Bertz CT molecular complexity index is 1200. The van der Waals surface area contributed by atoms with Crippen LogP contribution in [-0.4, -0.2) is 29.5 Å². The fourth-order valence-electron chi connectivity index (χ4n) is 3.73. The van der Waals surface area contributed by atoms with E-state index in [9.17, 15) is 8.42 Å². The molecule has 0 amide bonds. The molecule has 3 atom stereocenters. The van der Waals surface area contributed by atoms with Gasteiger partial charge in [0.15, 0.2) is 5.00 Å². The Morgan fingerprint density at radius 3 is 2.03 bits per heavy atom. The first-order valence-electron chi connectivity index (χ1n) is 9.94. The molecule has 3 aromatic rings. The standard InChI is InChI=1S/C24H22Cl2N2O2S/c1-17(2)27-22(18-13-15-20(25)16-14-18)24(26)23(19-9-5-3-6-10-19)28(24)31(29,30)21-11-7-4-8-12-21/h3-17,23H,1-2H3/t23-,24-,28?/m1/s1. The Morgan fingerprint density at radius 2 is 1.48 bits per heavy atom. The van der Waals surface area contributed by atoms with Gasteiger partial charge in [-0.25, -0.2) is 8.42 Å². The average Bonchev–Trinajstić information content (AvgIpc) is 3.41. The van der Waals surface area contributed by atoms with E-state index >= 15 is 0 Å². The van der Waals surface area contributed by atoms with Crippen LogP contribution in [0.4, 0.5) is 0 Å². The first-order chi connectivity index (χ1) is 14.8. The normalized spacial score (nSPS) is 23.7. The second-order valence-corrected chi connectivity index (χ2v) is 10.5. The third-order valence-electron chi connectivity index (χ3n) is 5.10. The van der Waals surface area contributed by atoms with Gasteiger partial charge in [0.25, 0.3) is 0 Å². The zero-order valence-corrected chi connectivity index (χ0v) is 19.4. The molecule has 160 valence electrons. The SMILES string of the molecule is CC(C)N=C(c1ccc(Cl)cc1)[C@]1(Cl)[C@@H](c2ccccc2)N1S(=O)(=O)c1ccccc1. The van der Waals surface area contributed by atoms with E-state index in [0.717, 1.165) is 11.1 Å². The molecule has 0 N–H and O–H groups in total. The van der Waals surface area contributed by atoms with E-state index in [-0.39, 0.29) is 10.9 Å². The van der Waals surface area contributed by atoms with E-state index in [4.69, 9.17) is 28.2 Å². The highest BCUT2D eigenvalue weighted by atomic mass is 35.5. The monoisotopic (exact) mass is 472 g/mol. The number of hydrogen-bond donors (Lipinski definition) is 0. The molecule has 7 heteroatoms. The van der Waals surface area contributed by atoms with Crippen LogP contribution in [0.1, 0.15) is 31.0 Å². The van der Waals surface area contributed by atoms with Gasteiger partial charge >= 0.3 is 0 Å². The summed E-state index contributed by atoms with van der Waals surface area (Å²) in [7, 11) is -3.87. The lowest BCUT2D eigenvalue weighted by atomic mass is 10.0. The van der Waals surface area contributed by atoms with Crippen LogP contribution in [0.25, 0.3) is 0 Å². The lowest BCUT2D eigenvalue weighted by molar-refractivity contribution is 0.549. The molecule has 4 nitrogen and oxygen atoms in total. The third-order valence-corrected chi connectivity index (χ3v) is 7.91. The topological polar surface area (TPSA) is 49.5 Å². The molecule has 1 heterocycles. The van der Waals surface area contributed by atoms with Crippen LogP contribution in [0.15, 0.2) is 94.8 Å². The van der Waals surface area contributed by atoms with Crippen LogP contribution in [0, 0.1) is 0 Å². The summed E-state index contributed by atoms with van der Waals surface area (Å²) in [6, 6.07) is 24.2. The fraction of sp³-hybridized carbons (Fsp3) is 0.208. The molecule has 1 saturated heterocycles. The Balaban J connectivity index is 1.90. The van der Waals surface area contributed by atoms with Crippen LogP contribution >= 0.6 is 23.2 Å². The van der Waals surface area contributed by atoms with Crippen molar-refractivity contribution in [3.05, 3.63) is 101 Å². The Labute approximate surface area is 193 Å². The van der Waals surface area contributed by atoms with Crippen LogP contribution in [0.5, 0.6) is 0 Å².